The second kappa shape index (κ2) is 4.54. The van der Waals surface area contributed by atoms with Gasteiger partial charge in [-0.25, -0.2) is 0 Å². The van der Waals surface area contributed by atoms with Crippen molar-refractivity contribution in [2.75, 3.05) is 13.2 Å². The number of carbonyl (C=O) groups is 2. The Kier molecular flexibility index (Phi) is 3.62. The van der Waals surface area contributed by atoms with Crippen LogP contribution in [0.4, 0.5) is 4.79 Å². The summed E-state index contributed by atoms with van der Waals surface area (Å²) in [7, 11) is 1.22. The van der Waals surface area contributed by atoms with E-state index in [0.29, 0.717) is 0 Å². The second-order valence-electron chi connectivity index (χ2n) is 3.05. The summed E-state index contributed by atoms with van der Waals surface area (Å²) in [6.45, 7) is -0.439. The van der Waals surface area contributed by atoms with Crippen molar-refractivity contribution in [3.63, 3.8) is 0 Å². The summed E-state index contributed by atoms with van der Waals surface area (Å²) in [5.41, 5.74) is 0. The van der Waals surface area contributed by atoms with E-state index in [1.54, 1.807) is 0 Å². The summed E-state index contributed by atoms with van der Waals surface area (Å²) in [5.74, 6) is -1.08. The highest BCUT2D eigenvalue weighted by atomic mass is 16.6. The van der Waals surface area contributed by atoms with E-state index in [-0.39, 0.29) is 13.2 Å². The van der Waals surface area contributed by atoms with E-state index in [0.717, 1.165) is 0 Å². The van der Waals surface area contributed by atoms with Crippen LogP contribution in [0.3, 0.4) is 0 Å². The number of aliphatic hydroxyl groups is 2. The highest BCUT2D eigenvalue weighted by Gasteiger charge is 2.37. The van der Waals surface area contributed by atoms with Gasteiger partial charge < -0.3 is 19.7 Å². The largest absolute Gasteiger partial charge is 0.471 e. The molecule has 7 heteroatoms. The van der Waals surface area contributed by atoms with Crippen LogP contribution in [0.5, 0.6) is 0 Å². The van der Waals surface area contributed by atoms with Crippen molar-refractivity contribution >= 4 is 19.5 Å². The van der Waals surface area contributed by atoms with E-state index in [2.05, 4.69) is 4.74 Å². The van der Waals surface area contributed by atoms with Crippen molar-refractivity contribution in [1.29, 1.82) is 0 Å². The van der Waals surface area contributed by atoms with Crippen LogP contribution in [-0.2, 0) is 14.3 Å². The molecule has 0 aromatic rings. The molecule has 6 nitrogen and oxygen atoms in total. The van der Waals surface area contributed by atoms with Crippen LogP contribution in [-0.4, -0.2) is 61.2 Å². The zero-order chi connectivity index (χ0) is 10.7. The van der Waals surface area contributed by atoms with Gasteiger partial charge in [0, 0.05) is 0 Å². The Bertz CT molecular complexity index is 242. The van der Waals surface area contributed by atoms with Crippen LogP contribution in [0.1, 0.15) is 0 Å². The fourth-order valence-corrected chi connectivity index (χ4v) is 1.11. The maximum Gasteiger partial charge on any atom is 0.243 e. The molecule has 0 amide bonds. The molecule has 0 bridgehead atoms. The molecule has 0 aromatic heterocycles. The predicted octanol–water partition coefficient (Wildman–Crippen LogP) is -2.55. The zero-order valence-electron chi connectivity index (χ0n) is 7.67. The molecule has 0 saturated carbocycles. The van der Waals surface area contributed by atoms with Crippen LogP contribution < -0.4 is 0 Å². The zero-order valence-corrected chi connectivity index (χ0v) is 7.67. The van der Waals surface area contributed by atoms with Crippen LogP contribution in [0.15, 0.2) is 0 Å². The summed E-state index contributed by atoms with van der Waals surface area (Å²) in [4.78, 5) is 21.3. The van der Waals surface area contributed by atoms with Crippen molar-refractivity contribution in [3.05, 3.63) is 0 Å². The fourth-order valence-electron chi connectivity index (χ4n) is 1.11. The quantitative estimate of drug-likeness (QED) is 0.478. The summed E-state index contributed by atoms with van der Waals surface area (Å²) in [6, 6.07) is 0. The normalized spacial score (nSPS) is 32.7. The van der Waals surface area contributed by atoms with E-state index >= 15 is 0 Å². The van der Waals surface area contributed by atoms with Gasteiger partial charge in [0.1, 0.15) is 31.5 Å². The van der Waals surface area contributed by atoms with Gasteiger partial charge in [0.2, 0.25) is 13.7 Å². The Hall–Kier alpha value is -0.915. The van der Waals surface area contributed by atoms with Crippen LogP contribution in [0.25, 0.3) is 0 Å². The van der Waals surface area contributed by atoms with Crippen LogP contribution in [0, 0.1) is 0 Å². The molecular weight excluding hydrogens is 191 g/mol. The highest BCUT2D eigenvalue weighted by Crippen LogP contribution is 2.12. The molecule has 0 radical (unpaired) electrons. The molecule has 3 atom stereocenters. The van der Waals surface area contributed by atoms with E-state index < -0.39 is 30.0 Å². The number of ketones is 1. The third-order valence-corrected chi connectivity index (χ3v) is 1.92. The highest BCUT2D eigenvalue weighted by molar-refractivity contribution is 6.55. The molecular formula is C7H11BO6. The number of hydrogen-bond donors (Lipinski definition) is 2. The molecule has 1 saturated heterocycles. The molecule has 1 unspecified atom stereocenters. The lowest BCUT2D eigenvalue weighted by Crippen LogP contribution is -2.52. The third-order valence-electron chi connectivity index (χ3n) is 1.92. The average molecular weight is 202 g/mol. The second-order valence-corrected chi connectivity index (χ2v) is 3.05. The smallest absolute Gasteiger partial charge is 0.243 e. The molecule has 1 aliphatic rings. The topological polar surface area (TPSA) is 93.1 Å². The average Bonchev–Trinajstić information content (AvgIpc) is 2.13. The standard InChI is InChI=1S/C7H11BO6/c8-7(12)14-2-4-6(11)5(10)3(9)1-13-4/h4-6,10-11H,1-2,8H2/t4-,5?,6+/m1/s1. The first-order valence-corrected chi connectivity index (χ1v) is 4.16. The van der Waals surface area contributed by atoms with E-state index in [1.165, 1.54) is 7.85 Å². The first kappa shape index (κ1) is 11.2. The molecule has 0 aromatic carbocycles. The number of aliphatic hydroxyl groups excluding tert-OH is 2. The lowest BCUT2D eigenvalue weighted by atomic mass is 10.0. The first-order chi connectivity index (χ1) is 6.52. The minimum Gasteiger partial charge on any atom is -0.471 e. The Morgan fingerprint density at radius 3 is 2.86 bits per heavy atom. The van der Waals surface area contributed by atoms with Gasteiger partial charge in [0.25, 0.3) is 0 Å². The Labute approximate surface area is 81.2 Å². The molecule has 1 rings (SSSR count). The molecule has 1 heterocycles. The van der Waals surface area contributed by atoms with Gasteiger partial charge in [-0.1, -0.05) is 0 Å². The molecule has 14 heavy (non-hydrogen) atoms. The predicted molar refractivity (Wildman–Crippen MR) is 46.7 cm³/mol. The lowest BCUT2D eigenvalue weighted by Gasteiger charge is -2.30. The Morgan fingerprint density at radius 1 is 1.64 bits per heavy atom. The minimum atomic E-state index is -1.45. The van der Waals surface area contributed by atoms with Crippen LogP contribution in [0.2, 0.25) is 0 Å². The van der Waals surface area contributed by atoms with Crippen molar-refractivity contribution in [3.8, 4) is 0 Å². The molecule has 2 N–H and O–H groups in total. The molecule has 0 aliphatic carbocycles. The number of Topliss-reactive ketones (excluding diaryl/α,β-unsaturated/α-hetero) is 1. The van der Waals surface area contributed by atoms with Crippen molar-refractivity contribution in [2.45, 2.75) is 18.3 Å². The maximum absolute atomic E-state index is 10.8. The van der Waals surface area contributed by atoms with E-state index in [9.17, 15) is 14.7 Å². The fraction of sp³-hybridized carbons (Fsp3) is 0.714. The van der Waals surface area contributed by atoms with Gasteiger partial charge in [0.05, 0.1) is 0 Å². The van der Waals surface area contributed by atoms with Crippen molar-refractivity contribution in [1.82, 2.24) is 0 Å². The summed E-state index contributed by atoms with van der Waals surface area (Å²) < 4.78 is 9.48. The lowest BCUT2D eigenvalue weighted by molar-refractivity contribution is -0.170. The number of carbonyl (C=O) groups excluding carboxylic acids is 2. The summed E-state index contributed by atoms with van der Waals surface area (Å²) in [5, 5.41) is 18.5. The number of hydrogen-bond acceptors (Lipinski definition) is 6. The third kappa shape index (κ3) is 2.54. The number of ether oxygens (including phenoxy) is 2. The molecule has 1 aliphatic heterocycles. The van der Waals surface area contributed by atoms with E-state index in [1.807, 2.05) is 0 Å². The van der Waals surface area contributed by atoms with Gasteiger partial charge in [-0.3, -0.25) is 9.59 Å². The van der Waals surface area contributed by atoms with Crippen molar-refractivity contribution in [2.24, 2.45) is 0 Å². The minimum absolute atomic E-state index is 0.166. The van der Waals surface area contributed by atoms with E-state index in [4.69, 9.17) is 9.84 Å². The summed E-state index contributed by atoms with van der Waals surface area (Å²) >= 11 is 0. The molecule has 0 spiro atoms. The van der Waals surface area contributed by atoms with Gasteiger partial charge in [-0.15, -0.1) is 0 Å². The Balaban J connectivity index is 2.46. The van der Waals surface area contributed by atoms with Gasteiger partial charge in [0.15, 0.2) is 5.78 Å². The first-order valence-electron chi connectivity index (χ1n) is 4.16. The van der Waals surface area contributed by atoms with Gasteiger partial charge in [-0.05, 0) is 0 Å². The van der Waals surface area contributed by atoms with Gasteiger partial charge >= 0.3 is 0 Å². The maximum atomic E-state index is 10.8. The monoisotopic (exact) mass is 202 g/mol. The number of rotatable bonds is 2. The SMILES string of the molecule is BC(=O)OC[C@H]1OCC(=O)C(O)[C@H]1O. The van der Waals surface area contributed by atoms with Crippen LogP contribution >= 0.6 is 0 Å². The van der Waals surface area contributed by atoms with Crippen molar-refractivity contribution < 1.29 is 29.3 Å². The molecule has 78 valence electrons. The Morgan fingerprint density at radius 2 is 2.29 bits per heavy atom. The summed E-state index contributed by atoms with van der Waals surface area (Å²) in [6.07, 6.45) is -3.63. The molecule has 1 fully saturated rings. The van der Waals surface area contributed by atoms with Gasteiger partial charge in [-0.2, -0.15) is 0 Å².